The Morgan fingerprint density at radius 1 is 1.06 bits per heavy atom. The maximum absolute atomic E-state index is 12.8. The zero-order valence-corrected chi connectivity index (χ0v) is 19.3. The third-order valence-corrected chi connectivity index (χ3v) is 6.20. The fourth-order valence-corrected chi connectivity index (χ4v) is 4.03. The smallest absolute Gasteiger partial charge is 0.241 e. The van der Waals surface area contributed by atoms with Gasteiger partial charge in [-0.2, -0.15) is 4.98 Å². The van der Waals surface area contributed by atoms with E-state index in [1.54, 1.807) is 0 Å². The number of carbonyl (C=O) groups excluding carboxylic acids is 1. The first-order valence-corrected chi connectivity index (χ1v) is 11.1. The normalized spacial score (nSPS) is 16.1. The maximum atomic E-state index is 12.8. The highest BCUT2D eigenvalue weighted by Gasteiger charge is 2.26. The minimum absolute atomic E-state index is 0.0342. The second-order valence-electron chi connectivity index (χ2n) is 8.62. The summed E-state index contributed by atoms with van der Waals surface area (Å²) in [5.74, 6) is 1.29. The van der Waals surface area contributed by atoms with E-state index in [9.17, 15) is 4.79 Å². The van der Waals surface area contributed by atoms with Crippen molar-refractivity contribution in [2.24, 2.45) is 0 Å². The third kappa shape index (κ3) is 5.06. The van der Waals surface area contributed by atoms with Crippen molar-refractivity contribution in [2.75, 3.05) is 31.5 Å². The number of nitrogens with one attached hydrogen (secondary N) is 1. The highest BCUT2D eigenvalue weighted by atomic mass is 16.5. The lowest BCUT2D eigenvalue weighted by Gasteiger charge is -2.36. The van der Waals surface area contributed by atoms with Gasteiger partial charge in [-0.05, 0) is 50.5 Å². The van der Waals surface area contributed by atoms with Crippen molar-refractivity contribution in [2.45, 2.75) is 40.3 Å². The lowest BCUT2D eigenvalue weighted by atomic mass is 10.1. The number of rotatable bonds is 6. The summed E-state index contributed by atoms with van der Waals surface area (Å²) in [4.78, 5) is 21.9. The number of nitrogens with zero attached hydrogens (tertiary/aromatic N) is 4. The van der Waals surface area contributed by atoms with Crippen LogP contribution in [0.3, 0.4) is 0 Å². The van der Waals surface area contributed by atoms with Gasteiger partial charge in [-0.1, -0.05) is 41.6 Å². The number of hydrogen-bond acceptors (Lipinski definition) is 6. The molecular formula is C25H31N5O2. The Balaban J connectivity index is 1.30. The Labute approximate surface area is 189 Å². The van der Waals surface area contributed by atoms with Crippen LogP contribution in [0.1, 0.15) is 29.5 Å². The Hall–Kier alpha value is -3.03. The Morgan fingerprint density at radius 2 is 1.81 bits per heavy atom. The number of aryl methyl sites for hydroxylation is 3. The Bertz CT molecular complexity index is 1090. The van der Waals surface area contributed by atoms with E-state index >= 15 is 0 Å². The van der Waals surface area contributed by atoms with E-state index < -0.39 is 0 Å². The third-order valence-electron chi connectivity index (χ3n) is 6.20. The Morgan fingerprint density at radius 3 is 2.56 bits per heavy atom. The van der Waals surface area contributed by atoms with E-state index in [1.165, 1.54) is 0 Å². The van der Waals surface area contributed by atoms with Gasteiger partial charge < -0.3 is 9.84 Å². The van der Waals surface area contributed by atoms with Crippen molar-refractivity contribution in [1.82, 2.24) is 19.9 Å². The highest BCUT2D eigenvalue weighted by molar-refractivity contribution is 5.95. The second-order valence-corrected chi connectivity index (χ2v) is 8.62. The molecule has 1 amide bonds. The molecule has 0 spiro atoms. The summed E-state index contributed by atoms with van der Waals surface area (Å²) in [6, 6.07) is 14.0. The fraction of sp³-hybridized carbons (Fsp3) is 0.400. The maximum Gasteiger partial charge on any atom is 0.241 e. The van der Waals surface area contributed by atoms with Gasteiger partial charge in [0.2, 0.25) is 17.6 Å². The van der Waals surface area contributed by atoms with Gasteiger partial charge in [-0.3, -0.25) is 14.6 Å². The minimum atomic E-state index is -0.187. The van der Waals surface area contributed by atoms with Crippen LogP contribution < -0.4 is 5.32 Å². The van der Waals surface area contributed by atoms with E-state index in [-0.39, 0.29) is 11.9 Å². The molecule has 1 atom stereocenters. The number of amides is 1. The first kappa shape index (κ1) is 22.2. The molecule has 1 N–H and O–H groups in total. The van der Waals surface area contributed by atoms with Gasteiger partial charge in [0.1, 0.15) is 0 Å². The fourth-order valence-electron chi connectivity index (χ4n) is 4.03. The van der Waals surface area contributed by atoms with Crippen LogP contribution in [0.25, 0.3) is 11.4 Å². The van der Waals surface area contributed by atoms with Crippen LogP contribution in [0.2, 0.25) is 0 Å². The van der Waals surface area contributed by atoms with Crippen molar-refractivity contribution in [3.8, 4) is 11.4 Å². The molecule has 7 nitrogen and oxygen atoms in total. The predicted molar refractivity (Wildman–Crippen MR) is 125 cm³/mol. The van der Waals surface area contributed by atoms with Crippen molar-refractivity contribution in [1.29, 1.82) is 0 Å². The molecule has 1 fully saturated rings. The molecule has 0 saturated carbocycles. The van der Waals surface area contributed by atoms with Gasteiger partial charge in [0.05, 0.1) is 12.6 Å². The van der Waals surface area contributed by atoms with Crippen LogP contribution in [0, 0.1) is 20.8 Å². The monoisotopic (exact) mass is 433 g/mol. The van der Waals surface area contributed by atoms with Crippen molar-refractivity contribution >= 4 is 11.6 Å². The molecule has 0 radical (unpaired) electrons. The molecule has 1 saturated heterocycles. The topological polar surface area (TPSA) is 74.5 Å². The summed E-state index contributed by atoms with van der Waals surface area (Å²) in [5.41, 5.74) is 5.23. The molecule has 0 aliphatic carbocycles. The molecule has 4 rings (SSSR count). The van der Waals surface area contributed by atoms with E-state index in [0.717, 1.165) is 54.1 Å². The number of aromatic nitrogens is 2. The quantitative estimate of drug-likeness (QED) is 0.637. The average Bonchev–Trinajstić information content (AvgIpc) is 3.24. The summed E-state index contributed by atoms with van der Waals surface area (Å²) in [5, 5.41) is 7.25. The number of piperazine rings is 1. The predicted octanol–water partition coefficient (Wildman–Crippen LogP) is 3.81. The molecular weight excluding hydrogens is 402 g/mol. The van der Waals surface area contributed by atoms with E-state index in [4.69, 9.17) is 4.52 Å². The molecule has 1 aliphatic rings. The molecule has 0 bridgehead atoms. The van der Waals surface area contributed by atoms with Gasteiger partial charge in [-0.25, -0.2) is 0 Å². The largest absolute Gasteiger partial charge is 0.338 e. The minimum Gasteiger partial charge on any atom is -0.338 e. The summed E-state index contributed by atoms with van der Waals surface area (Å²) < 4.78 is 5.50. The highest BCUT2D eigenvalue weighted by Crippen LogP contribution is 2.21. The zero-order valence-electron chi connectivity index (χ0n) is 19.3. The first-order chi connectivity index (χ1) is 15.4. The molecule has 1 aliphatic heterocycles. The second kappa shape index (κ2) is 9.63. The van der Waals surface area contributed by atoms with Crippen molar-refractivity contribution < 1.29 is 9.32 Å². The number of benzene rings is 2. The number of anilines is 1. The van der Waals surface area contributed by atoms with Crippen LogP contribution in [-0.4, -0.2) is 58.1 Å². The van der Waals surface area contributed by atoms with E-state index in [0.29, 0.717) is 18.3 Å². The number of hydrogen-bond donors (Lipinski definition) is 1. The lowest BCUT2D eigenvalue weighted by Crippen LogP contribution is -2.52. The van der Waals surface area contributed by atoms with Gasteiger partial charge in [0.15, 0.2) is 0 Å². The SMILES string of the molecule is Cc1ccc(C)c(NC(=O)C(C)N2CCN(Cc3nc(-c4ccccc4C)no3)CC2)c1. The van der Waals surface area contributed by atoms with Crippen molar-refractivity contribution in [3.05, 3.63) is 65.0 Å². The molecule has 2 heterocycles. The summed E-state index contributed by atoms with van der Waals surface area (Å²) >= 11 is 0. The molecule has 7 heteroatoms. The molecule has 2 aromatic carbocycles. The van der Waals surface area contributed by atoms with Crippen molar-refractivity contribution in [3.63, 3.8) is 0 Å². The number of carbonyl (C=O) groups is 1. The van der Waals surface area contributed by atoms with Gasteiger partial charge >= 0.3 is 0 Å². The summed E-state index contributed by atoms with van der Waals surface area (Å²) in [7, 11) is 0. The average molecular weight is 434 g/mol. The van der Waals surface area contributed by atoms with Crippen LogP contribution >= 0.6 is 0 Å². The van der Waals surface area contributed by atoms with E-state index in [2.05, 4.69) is 31.3 Å². The Kier molecular flexibility index (Phi) is 6.67. The van der Waals surface area contributed by atoms with E-state index in [1.807, 2.05) is 64.1 Å². The van der Waals surface area contributed by atoms with Crippen LogP contribution in [0.4, 0.5) is 5.69 Å². The van der Waals surface area contributed by atoms with Crippen LogP contribution in [0.15, 0.2) is 47.0 Å². The van der Waals surface area contributed by atoms with Gasteiger partial charge in [0.25, 0.3) is 0 Å². The zero-order chi connectivity index (χ0) is 22.7. The van der Waals surface area contributed by atoms with Gasteiger partial charge in [-0.15, -0.1) is 0 Å². The molecule has 3 aromatic rings. The van der Waals surface area contributed by atoms with Crippen LogP contribution in [-0.2, 0) is 11.3 Å². The summed E-state index contributed by atoms with van der Waals surface area (Å²) in [6.07, 6.45) is 0. The molecule has 1 aromatic heterocycles. The van der Waals surface area contributed by atoms with Crippen LogP contribution in [0.5, 0.6) is 0 Å². The molecule has 168 valence electrons. The lowest BCUT2D eigenvalue weighted by molar-refractivity contribution is -0.121. The molecule has 1 unspecified atom stereocenters. The summed E-state index contributed by atoms with van der Waals surface area (Å²) in [6.45, 7) is 12.0. The standard InChI is InChI=1S/C25H31N5O2/c1-17-9-10-19(3)22(15-17)26-25(31)20(4)30-13-11-29(12-14-30)16-23-27-24(28-32-23)21-8-6-5-7-18(21)2/h5-10,15,20H,11-14,16H2,1-4H3,(H,26,31). The first-order valence-electron chi connectivity index (χ1n) is 11.1. The molecule has 32 heavy (non-hydrogen) atoms. The van der Waals surface area contributed by atoms with Gasteiger partial charge in [0, 0.05) is 37.4 Å².